The minimum Gasteiger partial charge on any atom is -0.481 e. The molecule has 616 valence electrons. The number of nitrogens with zero attached hydrogens (tertiary/aromatic N) is 2. The number of para-hydroxylation sites is 1. The fraction of sp³-hybridized carbons (Fsp3) is 0.613. The number of aliphatic hydroxyl groups is 2. The molecule has 4 rings (SSSR count). The smallest absolute Gasteiger partial charge is 0.329 e. The van der Waals surface area contributed by atoms with E-state index in [1.807, 2.05) is 13.8 Å². The lowest BCUT2D eigenvalue weighted by Crippen LogP contribution is -2.61. The van der Waals surface area contributed by atoms with E-state index in [-0.39, 0.29) is 95.7 Å². The van der Waals surface area contributed by atoms with Crippen LogP contribution >= 0.6 is 0 Å². The largest absolute Gasteiger partial charge is 0.481 e. The highest BCUT2D eigenvalue weighted by Gasteiger charge is 2.41. The van der Waals surface area contributed by atoms with Gasteiger partial charge in [-0.1, -0.05) is 96.5 Å². The molecule has 2 aromatic carbocycles. The summed E-state index contributed by atoms with van der Waals surface area (Å²) in [5.74, 6) is -16.5. The number of likely N-dealkylation sites (N-methyl/N-ethyl adjacent to an activating group) is 2. The van der Waals surface area contributed by atoms with E-state index in [0.29, 0.717) is 41.3 Å². The second kappa shape index (κ2) is 47.8. The highest BCUT2D eigenvalue weighted by molar-refractivity contribution is 6.01. The predicted molar refractivity (Wildman–Crippen MR) is 407 cm³/mol. The van der Waals surface area contributed by atoms with Crippen LogP contribution in [0.3, 0.4) is 0 Å². The Morgan fingerprint density at radius 3 is 1.59 bits per heavy atom. The minimum atomic E-state index is -1.95. The number of unbranched alkanes of at least 4 members (excludes halogenated alkanes) is 1. The van der Waals surface area contributed by atoms with Crippen molar-refractivity contribution in [2.24, 2.45) is 40.7 Å². The molecule has 2 heterocycles. The van der Waals surface area contributed by atoms with Crippen LogP contribution in [0.15, 0.2) is 60.8 Å². The van der Waals surface area contributed by atoms with Gasteiger partial charge in [0.1, 0.15) is 72.6 Å². The van der Waals surface area contributed by atoms with Gasteiger partial charge >= 0.3 is 11.9 Å². The number of aliphatic hydroxyl groups excluding tert-OH is 2. The maximum Gasteiger partial charge on any atom is 0.329 e. The number of hydrogen-bond donors (Lipinski definition) is 18. The molecule has 0 unspecified atom stereocenters. The molecule has 0 aliphatic carbocycles. The van der Waals surface area contributed by atoms with E-state index in [2.05, 4.69) is 58.2 Å². The standard InChI is InChI=1S/C75H117N17O19/c1-42(2)19-16-22-47-36-61(96)82-58(41-94)72(107)84-50(25-14-15-30-76)67(102)90-57(40-93)65(100)81-39-62(97)91(7)59(34-45-20-10-9-11-21-45)73(108)89-54(33-43(3)4)69(104)83-51(26-17-31-77)66(101)85-52(28-29-63(98)99)68(103)88-56(37-60(79)95)71(106)87-55(35-46-38-80-49-24-13-12-23-48(46)49)70(105)86-53(27-18-32-78)74(109)92(8)64(44(5)6)75(110)111-47/h9-13,20-21,23-24,38,42-44,47,50-59,64,80,93-94H,14-19,22,25-37,39-41,76-78H2,1-8H3,(H2,79,95)(H,81,100)(H,82,96)(H,83,104)(H,84,107)(H,85,101)(H,86,105)(H,87,106)(H,88,103)(H,89,108)(H,90,102)(H,98,99)/t47-,50-,51-,52+,53-,54+,55-,56-,57+,58+,59-,64+/m1/s1. The molecule has 13 amide bonds. The number of carbonyl (C=O) groups is 15. The van der Waals surface area contributed by atoms with Crippen molar-refractivity contribution in [3.8, 4) is 0 Å². The molecule has 36 nitrogen and oxygen atoms in total. The van der Waals surface area contributed by atoms with Crippen molar-refractivity contribution >= 4 is 99.6 Å². The van der Waals surface area contributed by atoms with Crippen LogP contribution in [0.5, 0.6) is 0 Å². The fourth-order valence-electron chi connectivity index (χ4n) is 12.6. The van der Waals surface area contributed by atoms with Gasteiger partial charge in [-0.2, -0.15) is 0 Å². The Balaban J connectivity index is 1.91. The summed E-state index contributed by atoms with van der Waals surface area (Å²) in [6.07, 6.45) is -1.69. The molecular weight excluding hydrogens is 1440 g/mol. The lowest BCUT2D eigenvalue weighted by Gasteiger charge is -2.34. The monoisotopic (exact) mass is 1560 g/mol. The number of benzene rings is 2. The summed E-state index contributed by atoms with van der Waals surface area (Å²) in [6.45, 7) is 7.86. The number of carboxylic acid groups (broad SMARTS) is 1. The lowest BCUT2D eigenvalue weighted by atomic mass is 9.99. The molecule has 1 saturated heterocycles. The van der Waals surface area contributed by atoms with Gasteiger partial charge in [0.05, 0.1) is 32.6 Å². The van der Waals surface area contributed by atoms with Gasteiger partial charge in [0.2, 0.25) is 76.8 Å². The molecule has 0 radical (unpaired) electrons. The van der Waals surface area contributed by atoms with Crippen molar-refractivity contribution in [1.29, 1.82) is 0 Å². The Morgan fingerprint density at radius 1 is 0.523 bits per heavy atom. The number of aliphatic carboxylic acids is 1. The number of fused-ring (bicyclic) bond motifs is 1. The lowest BCUT2D eigenvalue weighted by molar-refractivity contribution is -0.162. The Labute approximate surface area is 646 Å². The number of aromatic amines is 1. The number of nitrogens with one attached hydrogen (secondary N) is 11. The van der Waals surface area contributed by atoms with Crippen LogP contribution in [-0.2, 0) is 89.5 Å². The summed E-state index contributed by atoms with van der Waals surface area (Å²) in [6, 6.07) is -2.43. The molecular formula is C75H117N17O19. The van der Waals surface area contributed by atoms with E-state index in [1.54, 1.807) is 88.5 Å². The normalized spacial score (nSPS) is 24.0. The van der Waals surface area contributed by atoms with Crippen LogP contribution in [0.4, 0.5) is 0 Å². The summed E-state index contributed by atoms with van der Waals surface area (Å²) in [5.41, 5.74) is 25.0. The summed E-state index contributed by atoms with van der Waals surface area (Å²) in [7, 11) is 2.55. The zero-order valence-electron chi connectivity index (χ0n) is 64.8. The van der Waals surface area contributed by atoms with E-state index in [0.717, 1.165) is 9.80 Å². The molecule has 36 heteroatoms. The van der Waals surface area contributed by atoms with Crippen molar-refractivity contribution in [1.82, 2.24) is 68.0 Å². The molecule has 0 bridgehead atoms. The minimum absolute atomic E-state index is 0.00630. The average molecular weight is 1560 g/mol. The van der Waals surface area contributed by atoms with Gasteiger partial charge in [0, 0.05) is 50.5 Å². The first-order valence-corrected chi connectivity index (χ1v) is 37.8. The number of aromatic nitrogens is 1. The van der Waals surface area contributed by atoms with Crippen molar-refractivity contribution in [2.75, 3.05) is 53.5 Å². The van der Waals surface area contributed by atoms with E-state index in [9.17, 15) is 77.6 Å². The number of nitrogens with two attached hydrogens (primary N) is 4. The predicted octanol–water partition coefficient (Wildman–Crippen LogP) is -2.74. The fourth-order valence-corrected chi connectivity index (χ4v) is 12.6. The number of hydrogen-bond acceptors (Lipinski definition) is 21. The number of primary amides is 1. The molecule has 0 saturated carbocycles. The Kier molecular flexibility index (Phi) is 40.1. The maximum absolute atomic E-state index is 15.1. The number of amides is 13. The van der Waals surface area contributed by atoms with E-state index in [4.69, 9.17) is 27.7 Å². The highest BCUT2D eigenvalue weighted by atomic mass is 16.5. The number of carboxylic acids is 1. The van der Waals surface area contributed by atoms with Gasteiger partial charge in [-0.3, -0.25) is 67.1 Å². The van der Waals surface area contributed by atoms with Gasteiger partial charge < -0.3 is 111 Å². The van der Waals surface area contributed by atoms with E-state index in [1.165, 1.54) is 14.1 Å². The summed E-state index contributed by atoms with van der Waals surface area (Å²) in [4.78, 5) is 219. The van der Waals surface area contributed by atoms with Crippen molar-refractivity contribution in [3.05, 3.63) is 71.9 Å². The summed E-state index contributed by atoms with van der Waals surface area (Å²) < 4.78 is 6.09. The van der Waals surface area contributed by atoms with Crippen LogP contribution in [0.2, 0.25) is 0 Å². The van der Waals surface area contributed by atoms with Crippen LogP contribution in [0.25, 0.3) is 10.9 Å². The first kappa shape index (κ1) is 93.2. The number of rotatable bonds is 28. The Bertz CT molecular complexity index is 3620. The highest BCUT2D eigenvalue weighted by Crippen LogP contribution is 2.23. The zero-order valence-corrected chi connectivity index (χ0v) is 64.8. The summed E-state index contributed by atoms with van der Waals surface area (Å²) in [5, 5.41) is 56.7. The number of carbonyl (C=O) groups excluding carboxylic acids is 14. The molecule has 1 fully saturated rings. The van der Waals surface area contributed by atoms with Crippen molar-refractivity contribution in [3.63, 3.8) is 0 Å². The third kappa shape index (κ3) is 31.3. The van der Waals surface area contributed by atoms with E-state index < -0.39 is 213 Å². The van der Waals surface area contributed by atoms with Crippen LogP contribution in [0, 0.1) is 17.8 Å². The third-order valence-corrected chi connectivity index (χ3v) is 18.8. The quantitative estimate of drug-likeness (QED) is 0.0259. The molecule has 111 heavy (non-hydrogen) atoms. The van der Waals surface area contributed by atoms with Gasteiger partial charge in [-0.25, -0.2) is 4.79 Å². The molecule has 1 aliphatic rings. The van der Waals surface area contributed by atoms with Crippen molar-refractivity contribution < 1.29 is 92.0 Å². The number of cyclic esters (lactones) is 1. The van der Waals surface area contributed by atoms with Crippen molar-refractivity contribution in [2.45, 2.75) is 223 Å². The molecule has 3 aromatic rings. The van der Waals surface area contributed by atoms with Crippen LogP contribution < -0.4 is 76.1 Å². The zero-order chi connectivity index (χ0) is 82.6. The SMILES string of the molecule is CC(C)CCC[C@@H]1CC(=O)N[C@@H](CO)C(=O)N[C@H](CCCCN)C(=O)N[C@@H](CO)C(=O)NCC(=O)N(C)[C@H](Cc2ccccc2)C(=O)N[C@@H](CC(C)C)C(=O)N[C@H](CCCN)C(=O)N[C@@H](CCC(=O)O)C(=O)N[C@H](CC(N)=O)C(=O)N[C@H](Cc2c[nH]c3ccccc23)C(=O)N[C@H](CCCN)C(=O)N(C)[C@@H](C(C)C)C(=O)O1. The first-order valence-electron chi connectivity index (χ1n) is 37.8. The Hall–Kier alpha value is -10.2. The first-order chi connectivity index (χ1) is 52.7. The van der Waals surface area contributed by atoms with Gasteiger partial charge in [0.15, 0.2) is 0 Å². The molecule has 1 aliphatic heterocycles. The maximum atomic E-state index is 15.1. The second-order valence-electron chi connectivity index (χ2n) is 29.1. The van der Waals surface area contributed by atoms with Gasteiger partial charge in [0.25, 0.3) is 0 Å². The van der Waals surface area contributed by atoms with Gasteiger partial charge in [-0.15, -0.1) is 0 Å². The Morgan fingerprint density at radius 2 is 1.02 bits per heavy atom. The third-order valence-electron chi connectivity index (χ3n) is 18.8. The topological polar surface area (TPSA) is 573 Å². The number of H-pyrrole nitrogens is 1. The van der Waals surface area contributed by atoms with Crippen LogP contribution in [-0.4, -0.2) is 245 Å². The molecule has 0 spiro atoms. The average Bonchev–Trinajstić information content (AvgIpc) is 1.56. The molecule has 12 atom stereocenters. The second-order valence-corrected chi connectivity index (χ2v) is 29.1. The van der Waals surface area contributed by atoms with E-state index >= 15 is 9.59 Å². The number of ether oxygens (including phenoxy) is 1. The molecule has 22 N–H and O–H groups in total. The number of esters is 1. The summed E-state index contributed by atoms with van der Waals surface area (Å²) >= 11 is 0. The van der Waals surface area contributed by atoms with Crippen LogP contribution in [0.1, 0.15) is 149 Å². The van der Waals surface area contributed by atoms with Gasteiger partial charge in [-0.05, 0) is 125 Å². The molecule has 1 aromatic heterocycles.